The standard InChI is InChI=1S/C15H23NO3/c1-15(2,3)12-9-11(5-6-13(12)19-4)10-16-8-7-14(17)18/h5-6,9,16H,7-8,10H2,1-4H3,(H,17,18). The summed E-state index contributed by atoms with van der Waals surface area (Å²) in [5.41, 5.74) is 2.31. The molecule has 0 spiro atoms. The number of aliphatic carboxylic acids is 1. The van der Waals surface area contributed by atoms with Crippen LogP contribution in [0.4, 0.5) is 0 Å². The molecule has 0 fully saturated rings. The van der Waals surface area contributed by atoms with Gasteiger partial charge in [0.25, 0.3) is 0 Å². The Hall–Kier alpha value is -1.55. The number of carboxylic acid groups (broad SMARTS) is 1. The third kappa shape index (κ3) is 4.91. The number of rotatable bonds is 6. The van der Waals surface area contributed by atoms with Gasteiger partial charge in [-0.3, -0.25) is 4.79 Å². The van der Waals surface area contributed by atoms with Crippen LogP contribution in [0.25, 0.3) is 0 Å². The van der Waals surface area contributed by atoms with E-state index in [1.54, 1.807) is 7.11 Å². The number of hydrogen-bond donors (Lipinski definition) is 2. The van der Waals surface area contributed by atoms with Gasteiger partial charge >= 0.3 is 5.97 Å². The van der Waals surface area contributed by atoms with Gasteiger partial charge in [0.15, 0.2) is 0 Å². The zero-order valence-corrected chi connectivity index (χ0v) is 12.1. The van der Waals surface area contributed by atoms with E-state index in [1.807, 2.05) is 12.1 Å². The number of carbonyl (C=O) groups is 1. The Labute approximate surface area is 114 Å². The summed E-state index contributed by atoms with van der Waals surface area (Å²) in [5, 5.41) is 11.7. The second kappa shape index (κ2) is 6.57. The summed E-state index contributed by atoms with van der Waals surface area (Å²) in [6.07, 6.45) is 0.141. The first-order valence-corrected chi connectivity index (χ1v) is 6.44. The average molecular weight is 265 g/mol. The Kier molecular flexibility index (Phi) is 5.36. The molecular formula is C15H23NO3. The average Bonchev–Trinajstić information content (AvgIpc) is 2.33. The van der Waals surface area contributed by atoms with Crippen molar-refractivity contribution >= 4 is 5.97 Å². The molecule has 106 valence electrons. The molecule has 0 bridgehead atoms. The van der Waals surface area contributed by atoms with Crippen LogP contribution in [-0.4, -0.2) is 24.7 Å². The van der Waals surface area contributed by atoms with E-state index in [1.165, 1.54) is 0 Å². The molecule has 0 saturated carbocycles. The monoisotopic (exact) mass is 265 g/mol. The van der Waals surface area contributed by atoms with Crippen molar-refractivity contribution in [2.75, 3.05) is 13.7 Å². The highest BCUT2D eigenvalue weighted by atomic mass is 16.5. The van der Waals surface area contributed by atoms with E-state index in [9.17, 15) is 4.79 Å². The van der Waals surface area contributed by atoms with Gasteiger partial charge in [0.05, 0.1) is 13.5 Å². The van der Waals surface area contributed by atoms with Crippen LogP contribution in [0.2, 0.25) is 0 Å². The van der Waals surface area contributed by atoms with Crippen molar-refractivity contribution in [2.24, 2.45) is 0 Å². The number of methoxy groups -OCH3 is 1. The molecule has 1 aromatic carbocycles. The number of carboxylic acids is 1. The third-order valence-electron chi connectivity index (χ3n) is 2.92. The van der Waals surface area contributed by atoms with Gasteiger partial charge in [-0.1, -0.05) is 32.9 Å². The first kappa shape index (κ1) is 15.5. The maximum absolute atomic E-state index is 10.4. The lowest BCUT2D eigenvalue weighted by atomic mass is 9.85. The van der Waals surface area contributed by atoms with Gasteiger partial charge in [-0.25, -0.2) is 0 Å². The molecule has 0 unspecified atom stereocenters. The molecule has 0 aliphatic carbocycles. The normalized spacial score (nSPS) is 11.4. The molecule has 0 amide bonds. The maximum atomic E-state index is 10.4. The zero-order chi connectivity index (χ0) is 14.5. The number of benzene rings is 1. The molecule has 0 saturated heterocycles. The lowest BCUT2D eigenvalue weighted by molar-refractivity contribution is -0.136. The quantitative estimate of drug-likeness (QED) is 0.776. The topological polar surface area (TPSA) is 58.6 Å². The fraction of sp³-hybridized carbons (Fsp3) is 0.533. The van der Waals surface area contributed by atoms with Crippen LogP contribution in [-0.2, 0) is 16.8 Å². The molecule has 0 heterocycles. The second-order valence-corrected chi connectivity index (χ2v) is 5.61. The minimum atomic E-state index is -0.780. The third-order valence-corrected chi connectivity index (χ3v) is 2.92. The Morgan fingerprint density at radius 1 is 1.37 bits per heavy atom. The molecule has 1 rings (SSSR count). The minimum absolute atomic E-state index is 0.0163. The lowest BCUT2D eigenvalue weighted by Gasteiger charge is -2.23. The van der Waals surface area contributed by atoms with E-state index in [-0.39, 0.29) is 11.8 Å². The molecule has 0 radical (unpaired) electrons. The van der Waals surface area contributed by atoms with E-state index in [0.717, 1.165) is 16.9 Å². The fourth-order valence-electron chi connectivity index (χ4n) is 1.88. The summed E-state index contributed by atoms with van der Waals surface area (Å²) in [4.78, 5) is 10.4. The van der Waals surface area contributed by atoms with Gasteiger partial charge in [-0.15, -0.1) is 0 Å². The van der Waals surface area contributed by atoms with Gasteiger partial charge in [-0.05, 0) is 22.6 Å². The molecule has 0 aromatic heterocycles. The number of ether oxygens (including phenoxy) is 1. The molecule has 0 aliphatic rings. The van der Waals surface area contributed by atoms with Crippen molar-refractivity contribution in [3.05, 3.63) is 29.3 Å². The largest absolute Gasteiger partial charge is 0.496 e. The van der Waals surface area contributed by atoms with Crippen LogP contribution < -0.4 is 10.1 Å². The molecule has 19 heavy (non-hydrogen) atoms. The highest BCUT2D eigenvalue weighted by Gasteiger charge is 2.19. The first-order valence-electron chi connectivity index (χ1n) is 6.44. The van der Waals surface area contributed by atoms with Crippen LogP contribution >= 0.6 is 0 Å². The molecular weight excluding hydrogens is 242 g/mol. The summed E-state index contributed by atoms with van der Waals surface area (Å²) in [5.74, 6) is 0.111. The van der Waals surface area contributed by atoms with Crippen molar-refractivity contribution in [1.29, 1.82) is 0 Å². The molecule has 2 N–H and O–H groups in total. The molecule has 0 aliphatic heterocycles. The van der Waals surface area contributed by atoms with E-state index in [4.69, 9.17) is 9.84 Å². The van der Waals surface area contributed by atoms with Gasteiger partial charge in [0.1, 0.15) is 5.75 Å². The molecule has 4 nitrogen and oxygen atoms in total. The maximum Gasteiger partial charge on any atom is 0.304 e. The molecule has 4 heteroatoms. The summed E-state index contributed by atoms with van der Waals surface area (Å²) < 4.78 is 5.39. The van der Waals surface area contributed by atoms with Crippen molar-refractivity contribution < 1.29 is 14.6 Å². The van der Waals surface area contributed by atoms with Crippen LogP contribution in [0.5, 0.6) is 5.75 Å². The van der Waals surface area contributed by atoms with Gasteiger partial charge in [0, 0.05) is 13.1 Å². The van der Waals surface area contributed by atoms with Gasteiger partial charge < -0.3 is 15.2 Å². The van der Waals surface area contributed by atoms with Gasteiger partial charge in [-0.2, -0.15) is 0 Å². The zero-order valence-electron chi connectivity index (χ0n) is 12.1. The van der Waals surface area contributed by atoms with Crippen molar-refractivity contribution in [3.63, 3.8) is 0 Å². The highest BCUT2D eigenvalue weighted by Crippen LogP contribution is 2.31. The Balaban J connectivity index is 2.73. The SMILES string of the molecule is COc1ccc(CNCCC(=O)O)cc1C(C)(C)C. The van der Waals surface area contributed by atoms with Crippen molar-refractivity contribution in [2.45, 2.75) is 39.2 Å². The Bertz CT molecular complexity index is 436. The first-order chi connectivity index (χ1) is 8.84. The van der Waals surface area contributed by atoms with Crippen LogP contribution in [0, 0.1) is 0 Å². The van der Waals surface area contributed by atoms with E-state index < -0.39 is 5.97 Å². The summed E-state index contributed by atoms with van der Waals surface area (Å²) in [7, 11) is 1.68. The smallest absolute Gasteiger partial charge is 0.304 e. The molecule has 0 atom stereocenters. The van der Waals surface area contributed by atoms with E-state index >= 15 is 0 Å². The number of nitrogens with one attached hydrogen (secondary N) is 1. The van der Waals surface area contributed by atoms with Gasteiger partial charge in [0.2, 0.25) is 0 Å². The lowest BCUT2D eigenvalue weighted by Crippen LogP contribution is -2.19. The van der Waals surface area contributed by atoms with Crippen LogP contribution in [0.15, 0.2) is 18.2 Å². The summed E-state index contributed by atoms with van der Waals surface area (Å²) >= 11 is 0. The van der Waals surface area contributed by atoms with Crippen molar-refractivity contribution in [1.82, 2.24) is 5.32 Å². The highest BCUT2D eigenvalue weighted by molar-refractivity contribution is 5.66. The number of hydrogen-bond acceptors (Lipinski definition) is 3. The predicted octanol–water partition coefficient (Wildman–Crippen LogP) is 2.56. The van der Waals surface area contributed by atoms with E-state index in [0.29, 0.717) is 13.1 Å². The minimum Gasteiger partial charge on any atom is -0.496 e. The Morgan fingerprint density at radius 3 is 2.58 bits per heavy atom. The second-order valence-electron chi connectivity index (χ2n) is 5.61. The summed E-state index contributed by atoms with van der Waals surface area (Å²) in [6.45, 7) is 7.58. The molecule has 1 aromatic rings. The van der Waals surface area contributed by atoms with Crippen LogP contribution in [0.3, 0.4) is 0 Å². The summed E-state index contributed by atoms with van der Waals surface area (Å²) in [6, 6.07) is 6.09. The predicted molar refractivity (Wildman–Crippen MR) is 75.7 cm³/mol. The van der Waals surface area contributed by atoms with Crippen LogP contribution in [0.1, 0.15) is 38.3 Å². The fourth-order valence-corrected chi connectivity index (χ4v) is 1.88. The Morgan fingerprint density at radius 2 is 2.05 bits per heavy atom. The van der Waals surface area contributed by atoms with Crippen molar-refractivity contribution in [3.8, 4) is 5.75 Å². The van der Waals surface area contributed by atoms with E-state index in [2.05, 4.69) is 32.2 Å².